The van der Waals surface area contributed by atoms with Crippen molar-refractivity contribution in [1.29, 1.82) is 0 Å². The van der Waals surface area contributed by atoms with Crippen molar-refractivity contribution in [3.8, 4) is 0 Å². The van der Waals surface area contributed by atoms with Gasteiger partial charge in [-0.05, 0) is 39.5 Å². The number of carbonyl (C=O) groups is 2. The Morgan fingerprint density at radius 1 is 1.17 bits per heavy atom. The highest BCUT2D eigenvalue weighted by Gasteiger charge is 2.60. The Morgan fingerprint density at radius 2 is 1.83 bits per heavy atom. The standard InChI is InChI=1S/C15H22F3N3O2/c1-9-3-4-11(19-9)12(22)20-8-14(5-6-14)21(7-10(20)2)13(23)15(16,17)18/h9-11,19H,3-8H2,1-2H3/t9-,10+,11-/m1/s1. The largest absolute Gasteiger partial charge is 0.471 e. The zero-order valence-electron chi connectivity index (χ0n) is 13.3. The minimum atomic E-state index is -4.86. The number of halogens is 3. The van der Waals surface area contributed by atoms with Gasteiger partial charge < -0.3 is 15.1 Å². The Balaban J connectivity index is 1.73. The van der Waals surface area contributed by atoms with Gasteiger partial charge in [0.2, 0.25) is 5.91 Å². The number of nitrogens with zero attached hydrogens (tertiary/aromatic N) is 2. The van der Waals surface area contributed by atoms with Crippen LogP contribution in [-0.4, -0.2) is 64.5 Å². The Hall–Kier alpha value is -1.31. The third kappa shape index (κ3) is 2.93. The van der Waals surface area contributed by atoms with E-state index >= 15 is 0 Å². The maximum absolute atomic E-state index is 12.8. The van der Waals surface area contributed by atoms with E-state index in [0.29, 0.717) is 12.8 Å². The second-order valence-corrected chi connectivity index (χ2v) is 7.15. The molecule has 2 aliphatic heterocycles. The highest BCUT2D eigenvalue weighted by Crippen LogP contribution is 2.47. The summed E-state index contributed by atoms with van der Waals surface area (Å²) < 4.78 is 38.4. The second-order valence-electron chi connectivity index (χ2n) is 7.15. The first-order valence-electron chi connectivity index (χ1n) is 8.09. The van der Waals surface area contributed by atoms with E-state index in [-0.39, 0.29) is 31.1 Å². The summed E-state index contributed by atoms with van der Waals surface area (Å²) in [5.74, 6) is -1.83. The summed E-state index contributed by atoms with van der Waals surface area (Å²) in [7, 11) is 0. The van der Waals surface area contributed by atoms with Crippen LogP contribution in [-0.2, 0) is 9.59 Å². The predicted molar refractivity (Wildman–Crippen MR) is 76.5 cm³/mol. The SMILES string of the molecule is C[C@@H]1CC[C@H](C(=O)N2CC3(CC3)N(C(=O)C(F)(F)F)C[C@@H]2C)N1. The van der Waals surface area contributed by atoms with Crippen LogP contribution in [0.15, 0.2) is 0 Å². The molecule has 2 saturated heterocycles. The number of hydrogen-bond acceptors (Lipinski definition) is 3. The lowest BCUT2D eigenvalue weighted by Gasteiger charge is -2.46. The topological polar surface area (TPSA) is 52.7 Å². The molecule has 1 saturated carbocycles. The Bertz CT molecular complexity index is 519. The molecule has 0 unspecified atom stereocenters. The van der Waals surface area contributed by atoms with Gasteiger partial charge in [0.1, 0.15) is 0 Å². The minimum Gasteiger partial charge on any atom is -0.335 e. The van der Waals surface area contributed by atoms with Gasteiger partial charge in [0, 0.05) is 25.2 Å². The summed E-state index contributed by atoms with van der Waals surface area (Å²) in [6.07, 6.45) is -2.13. The van der Waals surface area contributed by atoms with Crippen molar-refractivity contribution >= 4 is 11.8 Å². The van der Waals surface area contributed by atoms with E-state index < -0.39 is 23.7 Å². The fourth-order valence-corrected chi connectivity index (χ4v) is 3.76. The molecule has 8 heteroatoms. The van der Waals surface area contributed by atoms with Crippen molar-refractivity contribution in [2.75, 3.05) is 13.1 Å². The molecule has 3 fully saturated rings. The van der Waals surface area contributed by atoms with Crippen LogP contribution in [0, 0.1) is 0 Å². The molecule has 3 atom stereocenters. The first-order chi connectivity index (χ1) is 10.6. The quantitative estimate of drug-likeness (QED) is 0.787. The lowest BCUT2D eigenvalue weighted by atomic mass is 10.0. The molecule has 0 bridgehead atoms. The monoisotopic (exact) mass is 333 g/mol. The molecule has 0 aromatic heterocycles. The van der Waals surface area contributed by atoms with Gasteiger partial charge in [-0.2, -0.15) is 13.2 Å². The maximum Gasteiger partial charge on any atom is 0.471 e. The molecule has 130 valence electrons. The van der Waals surface area contributed by atoms with E-state index in [1.807, 2.05) is 6.92 Å². The summed E-state index contributed by atoms with van der Waals surface area (Å²) in [4.78, 5) is 27.0. The van der Waals surface area contributed by atoms with Gasteiger partial charge in [0.05, 0.1) is 11.6 Å². The fourth-order valence-electron chi connectivity index (χ4n) is 3.76. The average molecular weight is 333 g/mol. The molecule has 0 aromatic rings. The molecule has 3 aliphatic rings. The van der Waals surface area contributed by atoms with Gasteiger partial charge in [0.25, 0.3) is 0 Å². The summed E-state index contributed by atoms with van der Waals surface area (Å²) in [5.41, 5.74) is -0.807. The van der Waals surface area contributed by atoms with Crippen molar-refractivity contribution in [2.45, 2.75) is 69.4 Å². The molecule has 23 heavy (non-hydrogen) atoms. The third-order valence-electron chi connectivity index (χ3n) is 5.29. The Morgan fingerprint density at radius 3 is 2.30 bits per heavy atom. The van der Waals surface area contributed by atoms with Crippen molar-refractivity contribution in [3.63, 3.8) is 0 Å². The predicted octanol–water partition coefficient (Wildman–Crippen LogP) is 1.28. The van der Waals surface area contributed by atoms with Crippen LogP contribution >= 0.6 is 0 Å². The smallest absolute Gasteiger partial charge is 0.335 e. The molecule has 1 aliphatic carbocycles. The van der Waals surface area contributed by atoms with Crippen LogP contribution in [0.2, 0.25) is 0 Å². The van der Waals surface area contributed by atoms with Gasteiger partial charge in [-0.3, -0.25) is 9.59 Å². The van der Waals surface area contributed by atoms with Crippen molar-refractivity contribution in [2.24, 2.45) is 0 Å². The van der Waals surface area contributed by atoms with Gasteiger partial charge in [-0.15, -0.1) is 0 Å². The van der Waals surface area contributed by atoms with E-state index in [0.717, 1.165) is 17.7 Å². The summed E-state index contributed by atoms with van der Waals surface area (Å²) >= 11 is 0. The summed E-state index contributed by atoms with van der Waals surface area (Å²) in [6, 6.07) is -0.381. The number of rotatable bonds is 1. The number of amides is 2. The number of alkyl halides is 3. The van der Waals surface area contributed by atoms with Gasteiger partial charge in [-0.25, -0.2) is 0 Å². The molecular weight excluding hydrogens is 311 g/mol. The molecule has 1 N–H and O–H groups in total. The molecular formula is C15H22F3N3O2. The van der Waals surface area contributed by atoms with Crippen LogP contribution in [0.1, 0.15) is 39.5 Å². The van der Waals surface area contributed by atoms with Gasteiger partial charge >= 0.3 is 12.1 Å². The minimum absolute atomic E-state index is 0.0489. The Labute approximate surface area is 133 Å². The highest BCUT2D eigenvalue weighted by molar-refractivity contribution is 5.85. The fraction of sp³-hybridized carbons (Fsp3) is 0.867. The lowest BCUT2D eigenvalue weighted by molar-refractivity contribution is -0.193. The lowest BCUT2D eigenvalue weighted by Crippen LogP contribution is -2.65. The van der Waals surface area contributed by atoms with E-state index in [1.165, 1.54) is 0 Å². The van der Waals surface area contributed by atoms with E-state index in [2.05, 4.69) is 5.32 Å². The Kier molecular flexibility index (Phi) is 3.85. The number of hydrogen-bond donors (Lipinski definition) is 1. The molecule has 2 heterocycles. The first-order valence-corrected chi connectivity index (χ1v) is 8.09. The van der Waals surface area contributed by atoms with E-state index in [9.17, 15) is 22.8 Å². The maximum atomic E-state index is 12.8. The number of carbonyl (C=O) groups excluding carboxylic acids is 2. The average Bonchev–Trinajstić information content (AvgIpc) is 3.10. The molecule has 5 nitrogen and oxygen atoms in total. The molecule has 0 aromatic carbocycles. The summed E-state index contributed by atoms with van der Waals surface area (Å²) in [6.45, 7) is 3.88. The molecule has 3 rings (SSSR count). The van der Waals surface area contributed by atoms with Crippen molar-refractivity contribution in [3.05, 3.63) is 0 Å². The van der Waals surface area contributed by atoms with Gasteiger partial charge in [0.15, 0.2) is 0 Å². The van der Waals surface area contributed by atoms with Gasteiger partial charge in [-0.1, -0.05) is 0 Å². The number of piperazine rings is 1. The van der Waals surface area contributed by atoms with Crippen LogP contribution in [0.25, 0.3) is 0 Å². The zero-order chi connectivity index (χ0) is 17.0. The van der Waals surface area contributed by atoms with E-state index in [4.69, 9.17) is 0 Å². The van der Waals surface area contributed by atoms with Crippen LogP contribution in [0.4, 0.5) is 13.2 Å². The molecule has 2 amide bonds. The normalized spacial score (nSPS) is 33.2. The summed E-state index contributed by atoms with van der Waals surface area (Å²) in [5, 5.41) is 3.23. The highest BCUT2D eigenvalue weighted by atomic mass is 19.4. The van der Waals surface area contributed by atoms with Crippen LogP contribution < -0.4 is 5.32 Å². The number of nitrogens with one attached hydrogen (secondary N) is 1. The van der Waals surface area contributed by atoms with E-state index in [1.54, 1.807) is 11.8 Å². The first kappa shape index (κ1) is 16.5. The second kappa shape index (κ2) is 5.36. The third-order valence-corrected chi connectivity index (χ3v) is 5.29. The van der Waals surface area contributed by atoms with Crippen LogP contribution in [0.3, 0.4) is 0 Å². The molecule has 1 spiro atoms. The van der Waals surface area contributed by atoms with Crippen LogP contribution in [0.5, 0.6) is 0 Å². The van der Waals surface area contributed by atoms with Crippen molar-refractivity contribution in [1.82, 2.24) is 15.1 Å². The zero-order valence-corrected chi connectivity index (χ0v) is 13.3. The molecule has 0 radical (unpaired) electrons. The van der Waals surface area contributed by atoms with Crippen molar-refractivity contribution < 1.29 is 22.8 Å².